The first-order valence-electron chi connectivity index (χ1n) is 6.86. The quantitative estimate of drug-likeness (QED) is 0.755. The molecule has 2 aliphatic heterocycles. The van der Waals surface area contributed by atoms with E-state index < -0.39 is 0 Å². The van der Waals surface area contributed by atoms with Crippen molar-refractivity contribution in [1.82, 2.24) is 4.90 Å². The number of hydrogen-bond donors (Lipinski definition) is 0. The van der Waals surface area contributed by atoms with Crippen LogP contribution >= 0.6 is 0 Å². The molecule has 18 heavy (non-hydrogen) atoms. The van der Waals surface area contributed by atoms with E-state index in [1.165, 1.54) is 38.0 Å². The van der Waals surface area contributed by atoms with Gasteiger partial charge in [-0.2, -0.15) is 5.26 Å². The maximum Gasteiger partial charge on any atom is 0.0992 e. The molecule has 0 aromatic heterocycles. The lowest BCUT2D eigenvalue weighted by Gasteiger charge is -2.27. The molecule has 1 atom stereocenters. The standard InChI is InChI=1S/C15H19N3/c16-11-13-4-1-5-14(10-13)18-9-3-8-17-7-2-6-15(17)12-18/h1,4-5,10,15H,2-3,6-9,12H2. The third kappa shape index (κ3) is 2.21. The number of rotatable bonds is 1. The summed E-state index contributed by atoms with van der Waals surface area (Å²) in [5.74, 6) is 0. The molecule has 0 amide bonds. The number of benzene rings is 1. The lowest BCUT2D eigenvalue weighted by Crippen LogP contribution is -2.36. The van der Waals surface area contributed by atoms with Gasteiger partial charge in [-0.25, -0.2) is 0 Å². The second-order valence-corrected chi connectivity index (χ2v) is 5.29. The van der Waals surface area contributed by atoms with Crippen molar-refractivity contribution < 1.29 is 0 Å². The number of hydrogen-bond acceptors (Lipinski definition) is 3. The average molecular weight is 241 g/mol. The fraction of sp³-hybridized carbons (Fsp3) is 0.533. The SMILES string of the molecule is N#Cc1cccc(N2CCCN3CCCC3C2)c1. The maximum atomic E-state index is 8.99. The van der Waals surface area contributed by atoms with Crippen molar-refractivity contribution in [3.05, 3.63) is 29.8 Å². The van der Waals surface area contributed by atoms with E-state index in [2.05, 4.69) is 21.9 Å². The van der Waals surface area contributed by atoms with Crippen LogP contribution in [0.1, 0.15) is 24.8 Å². The Labute approximate surface area is 109 Å². The van der Waals surface area contributed by atoms with Crippen LogP contribution in [0.15, 0.2) is 24.3 Å². The summed E-state index contributed by atoms with van der Waals surface area (Å²) in [4.78, 5) is 5.09. The highest BCUT2D eigenvalue weighted by Gasteiger charge is 2.28. The van der Waals surface area contributed by atoms with Gasteiger partial charge in [0.1, 0.15) is 0 Å². The lowest BCUT2D eigenvalue weighted by molar-refractivity contribution is 0.273. The van der Waals surface area contributed by atoms with Gasteiger partial charge in [0, 0.05) is 31.4 Å². The largest absolute Gasteiger partial charge is 0.370 e. The minimum absolute atomic E-state index is 0.721. The Morgan fingerprint density at radius 3 is 2.94 bits per heavy atom. The molecule has 3 heteroatoms. The molecule has 2 saturated heterocycles. The maximum absolute atomic E-state index is 8.99. The first-order valence-corrected chi connectivity index (χ1v) is 6.86. The molecule has 2 aliphatic rings. The summed E-state index contributed by atoms with van der Waals surface area (Å²) < 4.78 is 0. The molecule has 0 bridgehead atoms. The molecule has 1 aromatic rings. The van der Waals surface area contributed by atoms with Crippen molar-refractivity contribution in [3.8, 4) is 6.07 Å². The molecular formula is C15H19N3. The molecule has 0 N–H and O–H groups in total. The molecule has 0 aliphatic carbocycles. The van der Waals surface area contributed by atoms with E-state index in [4.69, 9.17) is 5.26 Å². The van der Waals surface area contributed by atoms with Gasteiger partial charge in [-0.1, -0.05) is 6.07 Å². The Balaban J connectivity index is 1.80. The number of nitrogens with zero attached hydrogens (tertiary/aromatic N) is 3. The fourth-order valence-corrected chi connectivity index (χ4v) is 3.21. The predicted octanol–water partition coefficient (Wildman–Crippen LogP) is 2.23. The first-order chi connectivity index (χ1) is 8.86. The average Bonchev–Trinajstić information content (AvgIpc) is 2.76. The predicted molar refractivity (Wildman–Crippen MR) is 72.6 cm³/mol. The van der Waals surface area contributed by atoms with Crippen LogP contribution in [0.4, 0.5) is 5.69 Å². The van der Waals surface area contributed by atoms with Crippen molar-refractivity contribution >= 4 is 5.69 Å². The minimum Gasteiger partial charge on any atom is -0.370 e. The zero-order valence-corrected chi connectivity index (χ0v) is 10.7. The van der Waals surface area contributed by atoms with E-state index in [1.807, 2.05) is 18.2 Å². The van der Waals surface area contributed by atoms with Crippen molar-refractivity contribution in [3.63, 3.8) is 0 Å². The summed E-state index contributed by atoms with van der Waals surface area (Å²) in [6.45, 7) is 4.74. The Bertz CT molecular complexity index is 463. The molecule has 0 radical (unpaired) electrons. The van der Waals surface area contributed by atoms with E-state index in [-0.39, 0.29) is 0 Å². The van der Waals surface area contributed by atoms with E-state index in [9.17, 15) is 0 Å². The molecule has 3 rings (SSSR count). The van der Waals surface area contributed by atoms with Crippen LogP contribution in [-0.2, 0) is 0 Å². The van der Waals surface area contributed by atoms with Crippen LogP contribution in [0, 0.1) is 11.3 Å². The third-order valence-electron chi connectivity index (χ3n) is 4.14. The van der Waals surface area contributed by atoms with E-state index in [0.29, 0.717) is 0 Å². The first kappa shape index (κ1) is 11.6. The number of fused-ring (bicyclic) bond motifs is 1. The highest BCUT2D eigenvalue weighted by molar-refractivity contribution is 5.51. The van der Waals surface area contributed by atoms with Gasteiger partial charge in [0.05, 0.1) is 11.6 Å². The molecule has 2 fully saturated rings. The van der Waals surface area contributed by atoms with Crippen LogP contribution < -0.4 is 4.90 Å². The zero-order valence-electron chi connectivity index (χ0n) is 10.7. The molecule has 0 saturated carbocycles. The highest BCUT2D eigenvalue weighted by Crippen LogP contribution is 2.25. The van der Waals surface area contributed by atoms with Crippen LogP contribution in [0.3, 0.4) is 0 Å². The number of nitriles is 1. The van der Waals surface area contributed by atoms with Gasteiger partial charge in [-0.05, 0) is 44.0 Å². The van der Waals surface area contributed by atoms with Gasteiger partial charge in [-0.3, -0.25) is 4.90 Å². The normalized spacial score (nSPS) is 24.4. The van der Waals surface area contributed by atoms with Gasteiger partial charge in [-0.15, -0.1) is 0 Å². The van der Waals surface area contributed by atoms with Gasteiger partial charge in [0.15, 0.2) is 0 Å². The molecule has 3 nitrogen and oxygen atoms in total. The van der Waals surface area contributed by atoms with Crippen LogP contribution in [0.2, 0.25) is 0 Å². The third-order valence-corrected chi connectivity index (χ3v) is 4.14. The van der Waals surface area contributed by atoms with Crippen molar-refractivity contribution in [2.75, 3.05) is 31.1 Å². The monoisotopic (exact) mass is 241 g/mol. The van der Waals surface area contributed by atoms with Crippen LogP contribution in [0.25, 0.3) is 0 Å². The smallest absolute Gasteiger partial charge is 0.0992 e. The molecule has 2 heterocycles. The lowest BCUT2D eigenvalue weighted by atomic mass is 10.1. The summed E-state index contributed by atoms with van der Waals surface area (Å²) in [5.41, 5.74) is 1.97. The number of anilines is 1. The van der Waals surface area contributed by atoms with Crippen LogP contribution in [-0.4, -0.2) is 37.1 Å². The fourth-order valence-electron chi connectivity index (χ4n) is 3.21. The summed E-state index contributed by atoms with van der Waals surface area (Å²) >= 11 is 0. The van der Waals surface area contributed by atoms with Crippen LogP contribution in [0.5, 0.6) is 0 Å². The molecule has 1 aromatic carbocycles. The second-order valence-electron chi connectivity index (χ2n) is 5.29. The summed E-state index contributed by atoms with van der Waals surface area (Å²) in [6.07, 6.45) is 3.90. The van der Waals surface area contributed by atoms with E-state index in [0.717, 1.165) is 24.7 Å². The highest BCUT2D eigenvalue weighted by atomic mass is 15.3. The topological polar surface area (TPSA) is 30.3 Å². The van der Waals surface area contributed by atoms with Gasteiger partial charge in [0.2, 0.25) is 0 Å². The molecule has 1 unspecified atom stereocenters. The van der Waals surface area contributed by atoms with Gasteiger partial charge >= 0.3 is 0 Å². The van der Waals surface area contributed by atoms with Gasteiger partial charge < -0.3 is 4.90 Å². The van der Waals surface area contributed by atoms with Crippen molar-refractivity contribution in [2.45, 2.75) is 25.3 Å². The van der Waals surface area contributed by atoms with Gasteiger partial charge in [0.25, 0.3) is 0 Å². The summed E-state index contributed by atoms with van der Waals surface area (Å²) in [5, 5.41) is 8.99. The van der Waals surface area contributed by atoms with E-state index in [1.54, 1.807) is 0 Å². The zero-order chi connectivity index (χ0) is 12.4. The van der Waals surface area contributed by atoms with Crippen molar-refractivity contribution in [1.29, 1.82) is 5.26 Å². The van der Waals surface area contributed by atoms with Crippen molar-refractivity contribution in [2.24, 2.45) is 0 Å². The summed E-state index contributed by atoms with van der Waals surface area (Å²) in [6, 6.07) is 11.0. The molecule has 94 valence electrons. The Hall–Kier alpha value is -1.53. The molecular weight excluding hydrogens is 222 g/mol. The Morgan fingerprint density at radius 1 is 1.17 bits per heavy atom. The molecule has 0 spiro atoms. The minimum atomic E-state index is 0.721. The second kappa shape index (κ2) is 4.99. The van der Waals surface area contributed by atoms with E-state index >= 15 is 0 Å². The Morgan fingerprint density at radius 2 is 2.06 bits per heavy atom. The summed E-state index contributed by atoms with van der Waals surface area (Å²) in [7, 11) is 0. The Kier molecular flexibility index (Phi) is 3.21.